The van der Waals surface area contributed by atoms with E-state index < -0.39 is 0 Å². The van der Waals surface area contributed by atoms with Crippen LogP contribution in [0.5, 0.6) is 0 Å². The molecule has 2 rings (SSSR count). The van der Waals surface area contributed by atoms with E-state index in [9.17, 15) is 4.79 Å². The number of hydrogen-bond acceptors (Lipinski definition) is 2. The predicted molar refractivity (Wildman–Crippen MR) is 86.9 cm³/mol. The Balaban J connectivity index is 1.72. The molecule has 1 aromatic rings. The zero-order chi connectivity index (χ0) is 15.3. The average molecular weight is 310 g/mol. The first-order valence-corrected chi connectivity index (χ1v) is 7.82. The van der Waals surface area contributed by atoms with Gasteiger partial charge in [-0.25, -0.2) is 4.79 Å². The maximum atomic E-state index is 11.8. The lowest BCUT2D eigenvalue weighted by molar-refractivity contribution is 0.239. The minimum absolute atomic E-state index is 0.0750. The summed E-state index contributed by atoms with van der Waals surface area (Å²) in [6.07, 6.45) is 3.20. The van der Waals surface area contributed by atoms with Crippen molar-refractivity contribution in [3.05, 3.63) is 34.9 Å². The highest BCUT2D eigenvalue weighted by molar-refractivity contribution is 6.30. The van der Waals surface area contributed by atoms with Gasteiger partial charge in [-0.1, -0.05) is 23.7 Å². The van der Waals surface area contributed by atoms with Gasteiger partial charge in [0.15, 0.2) is 0 Å². The largest absolute Gasteiger partial charge is 0.338 e. The normalized spacial score (nSPS) is 15.8. The molecule has 4 nitrogen and oxygen atoms in total. The SMILES string of the molecule is CN(C)CCCNC(=O)NCC1(c2ccc(Cl)cc2)CC1. The molecular weight excluding hydrogens is 286 g/mol. The van der Waals surface area contributed by atoms with Crippen LogP contribution in [-0.2, 0) is 5.41 Å². The van der Waals surface area contributed by atoms with Gasteiger partial charge in [0.05, 0.1) is 0 Å². The fraction of sp³-hybridized carbons (Fsp3) is 0.562. The van der Waals surface area contributed by atoms with Crippen molar-refractivity contribution in [2.24, 2.45) is 0 Å². The molecule has 0 unspecified atom stereocenters. The number of carbonyl (C=O) groups is 1. The van der Waals surface area contributed by atoms with Gasteiger partial charge in [0, 0.05) is 23.5 Å². The van der Waals surface area contributed by atoms with Gasteiger partial charge >= 0.3 is 6.03 Å². The zero-order valence-electron chi connectivity index (χ0n) is 12.8. The van der Waals surface area contributed by atoms with Crippen molar-refractivity contribution in [2.75, 3.05) is 33.7 Å². The molecule has 1 saturated carbocycles. The van der Waals surface area contributed by atoms with Gasteiger partial charge in [0.25, 0.3) is 0 Å². The molecule has 0 atom stereocenters. The lowest BCUT2D eigenvalue weighted by atomic mass is 9.96. The highest BCUT2D eigenvalue weighted by Gasteiger charge is 2.44. The topological polar surface area (TPSA) is 44.4 Å². The summed E-state index contributed by atoms with van der Waals surface area (Å²) in [5, 5.41) is 6.64. The van der Waals surface area contributed by atoms with Gasteiger partial charge in [-0.2, -0.15) is 0 Å². The highest BCUT2D eigenvalue weighted by Crippen LogP contribution is 2.47. The lowest BCUT2D eigenvalue weighted by Crippen LogP contribution is -2.40. The quantitative estimate of drug-likeness (QED) is 0.761. The average Bonchev–Trinajstić information content (AvgIpc) is 3.23. The third-order valence-corrected chi connectivity index (χ3v) is 4.22. The van der Waals surface area contributed by atoms with Crippen LogP contribution in [0.3, 0.4) is 0 Å². The van der Waals surface area contributed by atoms with E-state index in [2.05, 4.69) is 27.7 Å². The van der Waals surface area contributed by atoms with Crippen molar-refractivity contribution in [3.63, 3.8) is 0 Å². The van der Waals surface area contributed by atoms with E-state index in [1.54, 1.807) is 0 Å². The second-order valence-electron chi connectivity index (χ2n) is 6.05. The Morgan fingerprint density at radius 3 is 2.48 bits per heavy atom. The van der Waals surface area contributed by atoms with E-state index in [0.717, 1.165) is 30.8 Å². The van der Waals surface area contributed by atoms with Crippen LogP contribution in [0.1, 0.15) is 24.8 Å². The standard InChI is InChI=1S/C16H24ClN3O/c1-20(2)11-3-10-18-15(21)19-12-16(8-9-16)13-4-6-14(17)7-5-13/h4-7H,3,8-12H2,1-2H3,(H2,18,19,21). The number of carbonyl (C=O) groups excluding carboxylic acids is 1. The number of amides is 2. The first kappa shape index (κ1) is 16.1. The van der Waals surface area contributed by atoms with Crippen LogP contribution >= 0.6 is 11.6 Å². The summed E-state index contributed by atoms with van der Waals surface area (Å²) in [5.41, 5.74) is 1.38. The third-order valence-electron chi connectivity index (χ3n) is 3.97. The van der Waals surface area contributed by atoms with Crippen LogP contribution in [0.4, 0.5) is 4.79 Å². The molecule has 2 N–H and O–H groups in total. The summed E-state index contributed by atoms with van der Waals surface area (Å²) >= 11 is 5.92. The molecule has 0 aliphatic heterocycles. The molecule has 1 aromatic carbocycles. The first-order chi connectivity index (χ1) is 10.0. The molecule has 1 aliphatic carbocycles. The van der Waals surface area contributed by atoms with Crippen LogP contribution in [0.15, 0.2) is 24.3 Å². The maximum Gasteiger partial charge on any atom is 0.314 e. The summed E-state index contributed by atoms with van der Waals surface area (Å²) in [6.45, 7) is 2.38. The number of nitrogens with zero attached hydrogens (tertiary/aromatic N) is 1. The number of nitrogens with one attached hydrogen (secondary N) is 2. The Kier molecular flexibility index (Phi) is 5.48. The molecule has 0 radical (unpaired) electrons. The molecular formula is C16H24ClN3O. The van der Waals surface area contributed by atoms with Crippen molar-refractivity contribution in [1.29, 1.82) is 0 Å². The molecule has 0 saturated heterocycles. The minimum atomic E-state index is -0.0750. The van der Waals surface area contributed by atoms with Gasteiger partial charge in [-0.05, 0) is 57.6 Å². The summed E-state index contributed by atoms with van der Waals surface area (Å²) in [7, 11) is 4.06. The van der Waals surface area contributed by atoms with E-state index in [-0.39, 0.29) is 11.4 Å². The van der Waals surface area contributed by atoms with Crippen molar-refractivity contribution in [1.82, 2.24) is 15.5 Å². The van der Waals surface area contributed by atoms with Crippen LogP contribution in [0, 0.1) is 0 Å². The fourth-order valence-electron chi connectivity index (χ4n) is 2.43. The summed E-state index contributed by atoms with van der Waals surface area (Å²) in [6, 6.07) is 7.88. The van der Waals surface area contributed by atoms with Gasteiger partial charge in [-0.15, -0.1) is 0 Å². The Bertz CT molecular complexity index is 469. The van der Waals surface area contributed by atoms with Gasteiger partial charge in [0.1, 0.15) is 0 Å². The molecule has 1 fully saturated rings. The minimum Gasteiger partial charge on any atom is -0.338 e. The van der Waals surface area contributed by atoms with Crippen molar-refractivity contribution < 1.29 is 4.79 Å². The van der Waals surface area contributed by atoms with Crippen LogP contribution < -0.4 is 10.6 Å². The summed E-state index contributed by atoms with van der Waals surface area (Å²) in [5.74, 6) is 0. The number of halogens is 1. The highest BCUT2D eigenvalue weighted by atomic mass is 35.5. The van der Waals surface area contributed by atoms with Crippen molar-refractivity contribution in [3.8, 4) is 0 Å². The Labute approximate surface area is 131 Å². The number of hydrogen-bond donors (Lipinski definition) is 2. The van der Waals surface area contributed by atoms with Gasteiger partial charge < -0.3 is 15.5 Å². The van der Waals surface area contributed by atoms with Crippen LogP contribution in [0.25, 0.3) is 0 Å². The molecule has 0 bridgehead atoms. The van der Waals surface area contributed by atoms with E-state index in [0.29, 0.717) is 13.1 Å². The number of benzene rings is 1. The molecule has 0 aromatic heterocycles. The van der Waals surface area contributed by atoms with E-state index in [1.165, 1.54) is 5.56 Å². The Hall–Kier alpha value is -1.26. The molecule has 21 heavy (non-hydrogen) atoms. The zero-order valence-corrected chi connectivity index (χ0v) is 13.5. The van der Waals surface area contributed by atoms with Crippen molar-refractivity contribution in [2.45, 2.75) is 24.7 Å². The second-order valence-corrected chi connectivity index (χ2v) is 6.49. The van der Waals surface area contributed by atoms with E-state index in [1.807, 2.05) is 26.2 Å². The van der Waals surface area contributed by atoms with Gasteiger partial charge in [-0.3, -0.25) is 0 Å². The van der Waals surface area contributed by atoms with Crippen LogP contribution in [0.2, 0.25) is 5.02 Å². The van der Waals surface area contributed by atoms with Crippen LogP contribution in [-0.4, -0.2) is 44.7 Å². The monoisotopic (exact) mass is 309 g/mol. The molecule has 1 aliphatic rings. The Morgan fingerprint density at radius 2 is 1.90 bits per heavy atom. The molecule has 2 amide bonds. The number of rotatable bonds is 7. The second kappa shape index (κ2) is 7.14. The lowest BCUT2D eigenvalue weighted by Gasteiger charge is -2.17. The third kappa shape index (κ3) is 4.90. The molecule has 0 spiro atoms. The van der Waals surface area contributed by atoms with E-state index in [4.69, 9.17) is 11.6 Å². The maximum absolute atomic E-state index is 11.8. The molecule has 0 heterocycles. The summed E-state index contributed by atoms with van der Waals surface area (Å²) < 4.78 is 0. The smallest absolute Gasteiger partial charge is 0.314 e. The Morgan fingerprint density at radius 1 is 1.24 bits per heavy atom. The van der Waals surface area contributed by atoms with E-state index >= 15 is 0 Å². The molecule has 5 heteroatoms. The first-order valence-electron chi connectivity index (χ1n) is 7.44. The molecule has 116 valence electrons. The summed E-state index contributed by atoms with van der Waals surface area (Å²) in [4.78, 5) is 13.9. The van der Waals surface area contributed by atoms with Crippen molar-refractivity contribution >= 4 is 17.6 Å². The number of urea groups is 1. The predicted octanol–water partition coefficient (Wildman–Crippen LogP) is 2.62. The van der Waals surface area contributed by atoms with Gasteiger partial charge in [0.2, 0.25) is 0 Å². The fourth-order valence-corrected chi connectivity index (χ4v) is 2.56.